The third-order valence-corrected chi connectivity index (χ3v) is 2.79. The lowest BCUT2D eigenvalue weighted by molar-refractivity contribution is 0.336. The van der Waals surface area contributed by atoms with E-state index in [1.165, 1.54) is 14.2 Å². The van der Waals surface area contributed by atoms with Crippen LogP contribution in [0, 0.1) is 0 Å². The maximum absolute atomic E-state index is 4.98. The number of hydrogen-bond donors (Lipinski definition) is 0. The second-order valence-corrected chi connectivity index (χ2v) is 4.61. The maximum atomic E-state index is 4.98. The van der Waals surface area contributed by atoms with Gasteiger partial charge in [-0.25, -0.2) is 0 Å². The van der Waals surface area contributed by atoms with E-state index in [2.05, 4.69) is 37.8 Å². The lowest BCUT2D eigenvalue weighted by Crippen LogP contribution is -2.09. The standard InChI is InChI=1S/C10H16BrN3O2/c1-4-5-7(11)6-8-12-9(15-2)14-10(13-8)16-3/h7H,4-6H2,1-3H3. The summed E-state index contributed by atoms with van der Waals surface area (Å²) in [5.41, 5.74) is 0. The molecule has 0 N–H and O–H groups in total. The second-order valence-electron chi connectivity index (χ2n) is 3.32. The Kier molecular flexibility index (Phi) is 5.45. The van der Waals surface area contributed by atoms with Crippen LogP contribution in [-0.2, 0) is 6.42 Å². The summed E-state index contributed by atoms with van der Waals surface area (Å²) in [6.45, 7) is 2.14. The summed E-state index contributed by atoms with van der Waals surface area (Å²) in [5.74, 6) is 0.680. The molecule has 1 atom stereocenters. The van der Waals surface area contributed by atoms with Crippen molar-refractivity contribution in [3.63, 3.8) is 0 Å². The Labute approximate surface area is 104 Å². The van der Waals surface area contributed by atoms with Gasteiger partial charge in [-0.1, -0.05) is 29.3 Å². The first-order chi connectivity index (χ1) is 7.69. The highest BCUT2D eigenvalue weighted by Crippen LogP contribution is 2.15. The molecule has 90 valence electrons. The zero-order chi connectivity index (χ0) is 12.0. The third-order valence-electron chi connectivity index (χ3n) is 2.01. The van der Waals surface area contributed by atoms with Crippen molar-refractivity contribution in [1.82, 2.24) is 15.0 Å². The van der Waals surface area contributed by atoms with Gasteiger partial charge in [-0.2, -0.15) is 9.97 Å². The Balaban J connectivity index is 2.78. The van der Waals surface area contributed by atoms with E-state index in [0.717, 1.165) is 19.3 Å². The van der Waals surface area contributed by atoms with Gasteiger partial charge >= 0.3 is 12.0 Å². The fourth-order valence-electron chi connectivity index (χ4n) is 1.26. The molecule has 0 aliphatic carbocycles. The predicted octanol–water partition coefficient (Wildman–Crippen LogP) is 1.99. The fraction of sp³-hybridized carbons (Fsp3) is 0.700. The van der Waals surface area contributed by atoms with Gasteiger partial charge in [-0.15, -0.1) is 4.98 Å². The normalized spacial score (nSPS) is 12.2. The minimum Gasteiger partial charge on any atom is -0.467 e. The van der Waals surface area contributed by atoms with Gasteiger partial charge in [-0.3, -0.25) is 0 Å². The number of hydrogen-bond acceptors (Lipinski definition) is 5. The van der Waals surface area contributed by atoms with Crippen LogP contribution in [0.1, 0.15) is 25.6 Å². The van der Waals surface area contributed by atoms with E-state index in [0.29, 0.717) is 10.7 Å². The zero-order valence-electron chi connectivity index (χ0n) is 9.73. The summed E-state index contributed by atoms with van der Waals surface area (Å²) in [6, 6.07) is 0.580. The van der Waals surface area contributed by atoms with Crippen LogP contribution < -0.4 is 9.47 Å². The smallest absolute Gasteiger partial charge is 0.322 e. The number of halogens is 1. The van der Waals surface area contributed by atoms with Gasteiger partial charge in [0.2, 0.25) is 0 Å². The molecule has 0 saturated carbocycles. The number of alkyl halides is 1. The molecule has 1 rings (SSSR count). The van der Waals surface area contributed by atoms with Crippen molar-refractivity contribution in [1.29, 1.82) is 0 Å². The van der Waals surface area contributed by atoms with Crippen molar-refractivity contribution in [2.75, 3.05) is 14.2 Å². The van der Waals surface area contributed by atoms with Gasteiger partial charge < -0.3 is 9.47 Å². The average Bonchev–Trinajstić information content (AvgIpc) is 2.28. The molecule has 1 aromatic rings. The summed E-state index contributed by atoms with van der Waals surface area (Å²) in [6.07, 6.45) is 2.94. The number of aromatic nitrogens is 3. The topological polar surface area (TPSA) is 57.1 Å². The van der Waals surface area contributed by atoms with Crippen LogP contribution in [-0.4, -0.2) is 34.0 Å². The molecule has 0 aromatic carbocycles. The molecule has 0 fully saturated rings. The molecule has 0 bridgehead atoms. The second kappa shape index (κ2) is 6.62. The zero-order valence-corrected chi connectivity index (χ0v) is 11.3. The molecule has 16 heavy (non-hydrogen) atoms. The van der Waals surface area contributed by atoms with E-state index in [9.17, 15) is 0 Å². The van der Waals surface area contributed by atoms with Gasteiger partial charge in [0.25, 0.3) is 0 Å². The summed E-state index contributed by atoms with van der Waals surface area (Å²) in [7, 11) is 3.05. The summed E-state index contributed by atoms with van der Waals surface area (Å²) >= 11 is 3.59. The Hall–Kier alpha value is -0.910. The van der Waals surface area contributed by atoms with E-state index in [4.69, 9.17) is 9.47 Å². The van der Waals surface area contributed by atoms with Crippen molar-refractivity contribution >= 4 is 15.9 Å². The molecule has 1 aromatic heterocycles. The Morgan fingerprint density at radius 2 is 1.69 bits per heavy atom. The molecule has 6 heteroatoms. The lowest BCUT2D eigenvalue weighted by atomic mass is 10.2. The van der Waals surface area contributed by atoms with Crippen LogP contribution in [0.25, 0.3) is 0 Å². The van der Waals surface area contributed by atoms with Crippen LogP contribution in [0.5, 0.6) is 12.0 Å². The van der Waals surface area contributed by atoms with Crippen molar-refractivity contribution < 1.29 is 9.47 Å². The molecule has 1 unspecified atom stereocenters. The fourth-order valence-corrected chi connectivity index (χ4v) is 2.01. The molecular formula is C10H16BrN3O2. The SMILES string of the molecule is CCCC(Br)Cc1nc(OC)nc(OC)n1. The first-order valence-electron chi connectivity index (χ1n) is 5.16. The molecule has 0 aliphatic heterocycles. The molecule has 0 spiro atoms. The van der Waals surface area contributed by atoms with Gasteiger partial charge in [0.15, 0.2) is 0 Å². The Morgan fingerprint density at radius 1 is 1.12 bits per heavy atom. The monoisotopic (exact) mass is 289 g/mol. The average molecular weight is 290 g/mol. The van der Waals surface area contributed by atoms with Crippen LogP contribution in [0.15, 0.2) is 0 Å². The van der Waals surface area contributed by atoms with E-state index >= 15 is 0 Å². The quantitative estimate of drug-likeness (QED) is 0.750. The van der Waals surface area contributed by atoms with Crippen LogP contribution in [0.2, 0.25) is 0 Å². The summed E-state index contributed by atoms with van der Waals surface area (Å²) in [4.78, 5) is 12.6. The first-order valence-corrected chi connectivity index (χ1v) is 6.08. The largest absolute Gasteiger partial charge is 0.467 e. The molecule has 5 nitrogen and oxygen atoms in total. The summed E-state index contributed by atoms with van der Waals surface area (Å²) in [5, 5.41) is 0. The van der Waals surface area contributed by atoms with Gasteiger partial charge in [-0.05, 0) is 6.42 Å². The Morgan fingerprint density at radius 3 is 2.12 bits per heavy atom. The highest BCUT2D eigenvalue weighted by atomic mass is 79.9. The van der Waals surface area contributed by atoms with Crippen LogP contribution in [0.3, 0.4) is 0 Å². The van der Waals surface area contributed by atoms with Crippen molar-refractivity contribution in [3.05, 3.63) is 5.82 Å². The molecular weight excluding hydrogens is 274 g/mol. The number of methoxy groups -OCH3 is 2. The van der Waals surface area contributed by atoms with Gasteiger partial charge in [0.1, 0.15) is 5.82 Å². The number of rotatable bonds is 6. The predicted molar refractivity (Wildman–Crippen MR) is 64.3 cm³/mol. The van der Waals surface area contributed by atoms with Crippen molar-refractivity contribution in [2.24, 2.45) is 0 Å². The Bertz CT molecular complexity index is 314. The maximum Gasteiger partial charge on any atom is 0.322 e. The molecule has 0 aliphatic rings. The molecule has 0 saturated heterocycles. The molecule has 0 amide bonds. The lowest BCUT2D eigenvalue weighted by Gasteiger charge is -2.08. The van der Waals surface area contributed by atoms with Crippen molar-refractivity contribution in [3.8, 4) is 12.0 Å². The van der Waals surface area contributed by atoms with Crippen LogP contribution >= 0.6 is 15.9 Å². The van der Waals surface area contributed by atoms with Gasteiger partial charge in [0, 0.05) is 11.2 Å². The minimum atomic E-state index is 0.290. The van der Waals surface area contributed by atoms with E-state index in [1.807, 2.05) is 0 Å². The number of nitrogens with zero attached hydrogens (tertiary/aromatic N) is 3. The van der Waals surface area contributed by atoms with E-state index in [1.54, 1.807) is 0 Å². The van der Waals surface area contributed by atoms with E-state index in [-0.39, 0.29) is 12.0 Å². The number of ether oxygens (including phenoxy) is 2. The highest BCUT2D eigenvalue weighted by Gasteiger charge is 2.11. The van der Waals surface area contributed by atoms with E-state index < -0.39 is 0 Å². The first kappa shape index (κ1) is 13.2. The minimum absolute atomic E-state index is 0.290. The highest BCUT2D eigenvalue weighted by molar-refractivity contribution is 9.09. The van der Waals surface area contributed by atoms with Crippen molar-refractivity contribution in [2.45, 2.75) is 31.0 Å². The van der Waals surface area contributed by atoms with Gasteiger partial charge in [0.05, 0.1) is 14.2 Å². The molecule has 1 heterocycles. The third kappa shape index (κ3) is 3.92. The van der Waals surface area contributed by atoms with Crippen LogP contribution in [0.4, 0.5) is 0 Å². The molecule has 0 radical (unpaired) electrons. The summed E-state index contributed by atoms with van der Waals surface area (Å²) < 4.78 is 9.96.